The molecule has 10 heteroatoms. The summed E-state index contributed by atoms with van der Waals surface area (Å²) in [5, 5.41) is 2.47. The van der Waals surface area contributed by atoms with Crippen LogP contribution in [0.4, 0.5) is 13.2 Å². The van der Waals surface area contributed by atoms with Crippen molar-refractivity contribution in [1.82, 2.24) is 15.3 Å². The van der Waals surface area contributed by atoms with Crippen molar-refractivity contribution in [3.63, 3.8) is 0 Å². The maximum atomic E-state index is 12.9. The summed E-state index contributed by atoms with van der Waals surface area (Å²) in [6.45, 7) is 1.76. The molecule has 1 heterocycles. The van der Waals surface area contributed by atoms with Crippen LogP contribution in [0.5, 0.6) is 0 Å². The molecule has 154 valence electrons. The highest BCUT2D eigenvalue weighted by atomic mass is 19.4. The molecule has 0 radical (unpaired) electrons. The molecular weight excluding hydrogens is 387 g/mol. The normalized spacial score (nSPS) is 13.0. The number of rotatable bonds is 7. The number of alkyl halides is 3. The molecule has 0 aliphatic heterocycles. The number of aromatic nitrogens is 2. The van der Waals surface area contributed by atoms with Gasteiger partial charge in [0.05, 0.1) is 11.1 Å². The molecule has 29 heavy (non-hydrogen) atoms. The van der Waals surface area contributed by atoms with Crippen LogP contribution >= 0.6 is 0 Å². The molecular formula is C19H20F3N5O2. The van der Waals surface area contributed by atoms with Crippen LogP contribution in [-0.4, -0.2) is 28.3 Å². The molecule has 0 fully saturated rings. The summed E-state index contributed by atoms with van der Waals surface area (Å²) in [4.78, 5) is 31.1. The maximum absolute atomic E-state index is 12.9. The van der Waals surface area contributed by atoms with E-state index < -0.39 is 29.5 Å². The van der Waals surface area contributed by atoms with Gasteiger partial charge in [-0.1, -0.05) is 25.1 Å². The van der Waals surface area contributed by atoms with E-state index in [0.29, 0.717) is 11.1 Å². The van der Waals surface area contributed by atoms with Gasteiger partial charge in [-0.25, -0.2) is 9.97 Å². The van der Waals surface area contributed by atoms with E-state index in [0.717, 1.165) is 18.3 Å². The van der Waals surface area contributed by atoms with Crippen LogP contribution in [0, 0.1) is 0 Å². The largest absolute Gasteiger partial charge is 0.416 e. The molecule has 1 aromatic carbocycles. The van der Waals surface area contributed by atoms with E-state index in [1.54, 1.807) is 13.0 Å². The fourth-order valence-electron chi connectivity index (χ4n) is 2.52. The smallest absolute Gasteiger partial charge is 0.404 e. The van der Waals surface area contributed by atoms with Gasteiger partial charge in [0.15, 0.2) is 5.82 Å². The van der Waals surface area contributed by atoms with Gasteiger partial charge in [-0.15, -0.1) is 0 Å². The Labute approximate surface area is 165 Å². The van der Waals surface area contributed by atoms with Crippen molar-refractivity contribution in [1.29, 1.82) is 0 Å². The van der Waals surface area contributed by atoms with Crippen molar-refractivity contribution in [3.8, 4) is 0 Å². The Morgan fingerprint density at radius 3 is 2.41 bits per heavy atom. The maximum Gasteiger partial charge on any atom is 0.416 e. The van der Waals surface area contributed by atoms with Gasteiger partial charge in [0.25, 0.3) is 5.91 Å². The van der Waals surface area contributed by atoms with Crippen LogP contribution in [-0.2, 0) is 15.8 Å². The SMILES string of the molecule is CC(c1cnc(C(=CN)C(=O)NCCC(N)=O)nc1)c1cccc(C(F)(F)F)c1. The number of amides is 2. The second kappa shape index (κ2) is 9.18. The minimum atomic E-state index is -4.43. The minimum Gasteiger partial charge on any atom is -0.404 e. The van der Waals surface area contributed by atoms with E-state index in [1.807, 2.05) is 0 Å². The van der Waals surface area contributed by atoms with Gasteiger partial charge >= 0.3 is 6.18 Å². The highest BCUT2D eigenvalue weighted by Gasteiger charge is 2.30. The summed E-state index contributed by atoms with van der Waals surface area (Å²) < 4.78 is 38.7. The van der Waals surface area contributed by atoms with Crippen LogP contribution < -0.4 is 16.8 Å². The van der Waals surface area contributed by atoms with Crippen molar-refractivity contribution in [2.75, 3.05) is 6.54 Å². The molecule has 0 saturated carbocycles. The zero-order valence-corrected chi connectivity index (χ0v) is 15.5. The van der Waals surface area contributed by atoms with E-state index in [9.17, 15) is 22.8 Å². The number of primary amides is 1. The quantitative estimate of drug-likeness (QED) is 0.605. The summed E-state index contributed by atoms with van der Waals surface area (Å²) in [6.07, 6.45) is -0.581. The molecule has 1 unspecified atom stereocenters. The Bertz CT molecular complexity index is 911. The summed E-state index contributed by atoms with van der Waals surface area (Å²) in [5.74, 6) is -1.50. The molecule has 5 N–H and O–H groups in total. The Balaban J connectivity index is 2.16. The highest BCUT2D eigenvalue weighted by Crippen LogP contribution is 2.32. The summed E-state index contributed by atoms with van der Waals surface area (Å²) in [6, 6.07) is 5.02. The molecule has 0 bridgehead atoms. The van der Waals surface area contributed by atoms with Crippen molar-refractivity contribution in [2.45, 2.75) is 25.4 Å². The lowest BCUT2D eigenvalue weighted by atomic mass is 9.94. The number of carbonyl (C=O) groups excluding carboxylic acids is 2. The zero-order valence-electron chi connectivity index (χ0n) is 15.5. The Morgan fingerprint density at radius 2 is 1.86 bits per heavy atom. The van der Waals surface area contributed by atoms with Gasteiger partial charge in [-0.05, 0) is 17.2 Å². The van der Waals surface area contributed by atoms with Crippen molar-refractivity contribution >= 4 is 17.4 Å². The number of halogens is 3. The topological polar surface area (TPSA) is 124 Å². The third kappa shape index (κ3) is 5.77. The van der Waals surface area contributed by atoms with Gasteiger partial charge in [0, 0.05) is 37.5 Å². The lowest BCUT2D eigenvalue weighted by Crippen LogP contribution is -2.29. The third-order valence-electron chi connectivity index (χ3n) is 4.19. The lowest BCUT2D eigenvalue weighted by Gasteiger charge is -2.15. The molecule has 2 aromatic rings. The predicted octanol–water partition coefficient (Wildman–Crippen LogP) is 1.94. The van der Waals surface area contributed by atoms with Crippen LogP contribution in [0.15, 0.2) is 42.9 Å². The number of nitrogens with zero attached hydrogens (tertiary/aromatic N) is 2. The molecule has 7 nitrogen and oxygen atoms in total. The van der Waals surface area contributed by atoms with E-state index in [2.05, 4.69) is 15.3 Å². The van der Waals surface area contributed by atoms with Gasteiger partial charge in [0.2, 0.25) is 5.91 Å². The van der Waals surface area contributed by atoms with Crippen LogP contribution in [0.1, 0.15) is 41.8 Å². The van der Waals surface area contributed by atoms with Crippen LogP contribution in [0.3, 0.4) is 0 Å². The average Bonchev–Trinajstić information content (AvgIpc) is 2.68. The number of nitrogens with two attached hydrogens (primary N) is 2. The van der Waals surface area contributed by atoms with E-state index >= 15 is 0 Å². The molecule has 0 saturated heterocycles. The molecule has 1 atom stereocenters. The Kier molecular flexibility index (Phi) is 6.92. The van der Waals surface area contributed by atoms with Crippen molar-refractivity contribution in [3.05, 3.63) is 65.4 Å². The number of carbonyl (C=O) groups is 2. The number of nitrogens with one attached hydrogen (secondary N) is 1. The molecule has 1 aromatic heterocycles. The lowest BCUT2D eigenvalue weighted by molar-refractivity contribution is -0.137. The third-order valence-corrected chi connectivity index (χ3v) is 4.19. The van der Waals surface area contributed by atoms with Gasteiger partial charge in [-0.2, -0.15) is 13.2 Å². The highest BCUT2D eigenvalue weighted by molar-refractivity contribution is 6.18. The summed E-state index contributed by atoms with van der Waals surface area (Å²) in [7, 11) is 0. The summed E-state index contributed by atoms with van der Waals surface area (Å²) >= 11 is 0. The minimum absolute atomic E-state index is 0.00672. The monoisotopic (exact) mass is 407 g/mol. The zero-order chi connectivity index (χ0) is 21.6. The first-order valence-electron chi connectivity index (χ1n) is 8.61. The van der Waals surface area contributed by atoms with E-state index in [1.165, 1.54) is 18.5 Å². The van der Waals surface area contributed by atoms with Crippen LogP contribution in [0.25, 0.3) is 5.57 Å². The fourth-order valence-corrected chi connectivity index (χ4v) is 2.52. The molecule has 0 aliphatic carbocycles. The van der Waals surface area contributed by atoms with Crippen molar-refractivity contribution < 1.29 is 22.8 Å². The van der Waals surface area contributed by atoms with Crippen LogP contribution in [0.2, 0.25) is 0 Å². The first-order chi connectivity index (χ1) is 13.6. The molecule has 0 aliphatic rings. The second-order valence-corrected chi connectivity index (χ2v) is 6.24. The average molecular weight is 407 g/mol. The molecule has 2 rings (SSSR count). The Morgan fingerprint density at radius 1 is 1.21 bits per heavy atom. The first kappa shape index (κ1) is 21.9. The number of hydrogen-bond donors (Lipinski definition) is 3. The van der Waals surface area contributed by atoms with Gasteiger partial charge < -0.3 is 16.8 Å². The number of benzene rings is 1. The standard InChI is InChI=1S/C19H20F3N5O2/c1-11(12-3-2-4-14(7-12)19(20,21)22)13-9-26-17(27-10-13)15(8-23)18(29)25-6-5-16(24)28/h2-4,7-11H,5-6,23H2,1H3,(H2,24,28)(H,25,29). The molecule has 0 spiro atoms. The molecule has 2 amide bonds. The van der Waals surface area contributed by atoms with Gasteiger partial charge in [-0.3, -0.25) is 9.59 Å². The van der Waals surface area contributed by atoms with Crippen molar-refractivity contribution in [2.24, 2.45) is 11.5 Å². The number of hydrogen-bond acceptors (Lipinski definition) is 5. The summed E-state index contributed by atoms with van der Waals surface area (Å²) in [5.41, 5.74) is 10.8. The predicted molar refractivity (Wildman–Crippen MR) is 100.0 cm³/mol. The van der Waals surface area contributed by atoms with Gasteiger partial charge in [0.1, 0.15) is 0 Å². The second-order valence-electron chi connectivity index (χ2n) is 6.24. The Hall–Kier alpha value is -3.43. The first-order valence-corrected chi connectivity index (χ1v) is 8.61. The van der Waals surface area contributed by atoms with E-state index in [4.69, 9.17) is 11.5 Å². The fraction of sp³-hybridized carbons (Fsp3) is 0.263. The van der Waals surface area contributed by atoms with E-state index in [-0.39, 0.29) is 24.4 Å².